The molecule has 0 aliphatic carbocycles. The number of benzene rings is 1. The first-order valence-corrected chi connectivity index (χ1v) is 6.95. The molecular weight excluding hydrogens is 238 g/mol. The summed E-state index contributed by atoms with van der Waals surface area (Å²) in [5.74, 6) is -0.238. The van der Waals surface area contributed by atoms with Gasteiger partial charge < -0.3 is 11.1 Å². The smallest absolute Gasteiger partial charge is 0.236 e. The molecule has 19 heavy (non-hydrogen) atoms. The lowest BCUT2D eigenvalue weighted by Crippen LogP contribution is -2.57. The van der Waals surface area contributed by atoms with Crippen molar-refractivity contribution in [2.45, 2.75) is 32.4 Å². The molecule has 1 amide bonds. The molecule has 1 aliphatic heterocycles. The Kier molecular flexibility index (Phi) is 4.56. The topological polar surface area (TPSA) is 58.4 Å². The number of hydrogen-bond donors (Lipinski definition) is 2. The van der Waals surface area contributed by atoms with E-state index in [0.29, 0.717) is 6.54 Å². The van der Waals surface area contributed by atoms with Crippen LogP contribution in [0.2, 0.25) is 0 Å². The molecule has 0 saturated carbocycles. The van der Waals surface area contributed by atoms with E-state index in [1.807, 2.05) is 0 Å². The third-order valence-electron chi connectivity index (χ3n) is 3.86. The molecule has 0 aromatic heterocycles. The molecule has 1 aromatic rings. The van der Waals surface area contributed by atoms with Crippen molar-refractivity contribution in [2.24, 2.45) is 5.73 Å². The SMILES string of the molecule is CCC(c1ccc(C)cc1)N1CCNCC1C(N)=O. The van der Waals surface area contributed by atoms with Gasteiger partial charge >= 0.3 is 0 Å². The number of carbonyl (C=O) groups excluding carboxylic acids is 1. The van der Waals surface area contributed by atoms with Crippen LogP contribution in [0.15, 0.2) is 24.3 Å². The maximum absolute atomic E-state index is 11.6. The van der Waals surface area contributed by atoms with Gasteiger partial charge in [-0.2, -0.15) is 0 Å². The summed E-state index contributed by atoms with van der Waals surface area (Å²) >= 11 is 0. The number of rotatable bonds is 4. The van der Waals surface area contributed by atoms with Gasteiger partial charge in [-0.05, 0) is 18.9 Å². The van der Waals surface area contributed by atoms with Gasteiger partial charge in [-0.3, -0.25) is 9.69 Å². The van der Waals surface area contributed by atoms with Crippen molar-refractivity contribution in [1.29, 1.82) is 0 Å². The van der Waals surface area contributed by atoms with E-state index in [2.05, 4.69) is 48.3 Å². The molecule has 1 aliphatic rings. The maximum Gasteiger partial charge on any atom is 0.236 e. The van der Waals surface area contributed by atoms with Crippen LogP contribution in [0.3, 0.4) is 0 Å². The second-order valence-electron chi connectivity index (χ2n) is 5.19. The molecule has 0 bridgehead atoms. The summed E-state index contributed by atoms with van der Waals surface area (Å²) in [4.78, 5) is 13.9. The van der Waals surface area contributed by atoms with E-state index >= 15 is 0 Å². The van der Waals surface area contributed by atoms with Crippen molar-refractivity contribution < 1.29 is 4.79 Å². The number of aryl methyl sites for hydroxylation is 1. The van der Waals surface area contributed by atoms with Gasteiger partial charge in [0.2, 0.25) is 5.91 Å². The van der Waals surface area contributed by atoms with E-state index in [1.54, 1.807) is 0 Å². The van der Waals surface area contributed by atoms with E-state index in [-0.39, 0.29) is 18.0 Å². The minimum atomic E-state index is -0.238. The number of nitrogens with two attached hydrogens (primary N) is 1. The molecule has 4 heteroatoms. The van der Waals surface area contributed by atoms with Gasteiger partial charge in [0.05, 0.1) is 0 Å². The number of nitrogens with zero attached hydrogens (tertiary/aromatic N) is 1. The molecule has 2 unspecified atom stereocenters. The van der Waals surface area contributed by atoms with Crippen LogP contribution >= 0.6 is 0 Å². The zero-order chi connectivity index (χ0) is 13.8. The Morgan fingerprint density at radius 1 is 1.47 bits per heavy atom. The van der Waals surface area contributed by atoms with E-state index in [0.717, 1.165) is 19.5 Å². The second-order valence-corrected chi connectivity index (χ2v) is 5.19. The first-order chi connectivity index (χ1) is 9.13. The lowest BCUT2D eigenvalue weighted by molar-refractivity contribution is -0.125. The fourth-order valence-electron chi connectivity index (χ4n) is 2.81. The van der Waals surface area contributed by atoms with Crippen molar-refractivity contribution >= 4 is 5.91 Å². The standard InChI is InChI=1S/C15H23N3O/c1-3-13(12-6-4-11(2)5-7-12)18-9-8-17-10-14(18)15(16)19/h4-7,13-14,17H,3,8-10H2,1-2H3,(H2,16,19). The maximum atomic E-state index is 11.6. The summed E-state index contributed by atoms with van der Waals surface area (Å²) in [7, 11) is 0. The summed E-state index contributed by atoms with van der Waals surface area (Å²) in [6.07, 6.45) is 0.979. The van der Waals surface area contributed by atoms with Crippen LogP contribution in [-0.4, -0.2) is 36.5 Å². The second kappa shape index (κ2) is 6.17. The van der Waals surface area contributed by atoms with Gasteiger partial charge in [0.25, 0.3) is 0 Å². The predicted octanol–water partition coefficient (Wildman–Crippen LogP) is 1.21. The molecular formula is C15H23N3O. The Labute approximate surface area is 115 Å². The van der Waals surface area contributed by atoms with Crippen molar-refractivity contribution in [3.8, 4) is 0 Å². The van der Waals surface area contributed by atoms with Gasteiger partial charge in [0.15, 0.2) is 0 Å². The zero-order valence-electron chi connectivity index (χ0n) is 11.7. The highest BCUT2D eigenvalue weighted by Gasteiger charge is 2.32. The predicted molar refractivity (Wildman–Crippen MR) is 76.8 cm³/mol. The van der Waals surface area contributed by atoms with Crippen molar-refractivity contribution in [1.82, 2.24) is 10.2 Å². The Morgan fingerprint density at radius 3 is 2.74 bits per heavy atom. The van der Waals surface area contributed by atoms with Crippen LogP contribution in [0.1, 0.15) is 30.5 Å². The molecule has 1 saturated heterocycles. The minimum absolute atomic E-state index is 0.208. The first-order valence-electron chi connectivity index (χ1n) is 6.95. The lowest BCUT2D eigenvalue weighted by atomic mass is 9.98. The van der Waals surface area contributed by atoms with E-state index in [4.69, 9.17) is 5.73 Å². The van der Waals surface area contributed by atoms with E-state index in [1.165, 1.54) is 11.1 Å². The molecule has 2 atom stereocenters. The minimum Gasteiger partial charge on any atom is -0.368 e. The largest absolute Gasteiger partial charge is 0.368 e. The van der Waals surface area contributed by atoms with Gasteiger partial charge in [-0.15, -0.1) is 0 Å². The third-order valence-corrected chi connectivity index (χ3v) is 3.86. The average Bonchev–Trinajstić information content (AvgIpc) is 2.42. The fourth-order valence-corrected chi connectivity index (χ4v) is 2.81. The molecule has 1 aromatic carbocycles. The van der Waals surface area contributed by atoms with E-state index in [9.17, 15) is 4.79 Å². The van der Waals surface area contributed by atoms with Gasteiger partial charge in [0, 0.05) is 25.7 Å². The summed E-state index contributed by atoms with van der Waals surface area (Å²) in [6.45, 7) is 6.66. The fraction of sp³-hybridized carbons (Fsp3) is 0.533. The van der Waals surface area contributed by atoms with Crippen LogP contribution in [0, 0.1) is 6.92 Å². The van der Waals surface area contributed by atoms with E-state index < -0.39 is 0 Å². The summed E-state index contributed by atoms with van der Waals surface area (Å²) in [6, 6.07) is 8.62. The van der Waals surface area contributed by atoms with Gasteiger partial charge in [-0.25, -0.2) is 0 Å². The van der Waals surface area contributed by atoms with Crippen LogP contribution < -0.4 is 11.1 Å². The van der Waals surface area contributed by atoms with Crippen molar-refractivity contribution in [3.05, 3.63) is 35.4 Å². The highest BCUT2D eigenvalue weighted by molar-refractivity contribution is 5.80. The summed E-state index contributed by atoms with van der Waals surface area (Å²) in [5, 5.41) is 3.24. The van der Waals surface area contributed by atoms with Gasteiger partial charge in [0.1, 0.15) is 6.04 Å². The highest BCUT2D eigenvalue weighted by Crippen LogP contribution is 2.27. The quantitative estimate of drug-likeness (QED) is 0.856. The normalized spacial score (nSPS) is 22.1. The van der Waals surface area contributed by atoms with Crippen molar-refractivity contribution in [3.63, 3.8) is 0 Å². The van der Waals surface area contributed by atoms with Crippen LogP contribution in [0.5, 0.6) is 0 Å². The number of primary amides is 1. The Hall–Kier alpha value is -1.39. The zero-order valence-corrected chi connectivity index (χ0v) is 11.7. The molecule has 4 nitrogen and oxygen atoms in total. The average molecular weight is 261 g/mol. The monoisotopic (exact) mass is 261 g/mol. The Balaban J connectivity index is 2.24. The van der Waals surface area contributed by atoms with Gasteiger partial charge in [-0.1, -0.05) is 36.8 Å². The van der Waals surface area contributed by atoms with Crippen LogP contribution in [-0.2, 0) is 4.79 Å². The third kappa shape index (κ3) is 3.14. The van der Waals surface area contributed by atoms with Crippen LogP contribution in [0.25, 0.3) is 0 Å². The Morgan fingerprint density at radius 2 is 2.16 bits per heavy atom. The number of carbonyl (C=O) groups is 1. The molecule has 1 fully saturated rings. The highest BCUT2D eigenvalue weighted by atomic mass is 16.1. The number of amides is 1. The molecule has 2 rings (SSSR count). The Bertz CT molecular complexity index is 430. The molecule has 0 spiro atoms. The first kappa shape index (κ1) is 14.0. The van der Waals surface area contributed by atoms with Crippen molar-refractivity contribution in [2.75, 3.05) is 19.6 Å². The number of hydrogen-bond acceptors (Lipinski definition) is 3. The summed E-state index contributed by atoms with van der Waals surface area (Å²) < 4.78 is 0. The summed E-state index contributed by atoms with van der Waals surface area (Å²) in [5.41, 5.74) is 8.05. The molecule has 0 radical (unpaired) electrons. The molecule has 3 N–H and O–H groups in total. The lowest BCUT2D eigenvalue weighted by Gasteiger charge is -2.40. The molecule has 1 heterocycles. The number of piperazine rings is 1. The molecule has 104 valence electrons. The van der Waals surface area contributed by atoms with Crippen LogP contribution in [0.4, 0.5) is 0 Å². The number of nitrogens with one attached hydrogen (secondary N) is 1.